The van der Waals surface area contributed by atoms with Crippen LogP contribution < -0.4 is 4.74 Å². The van der Waals surface area contributed by atoms with Crippen LogP contribution in [0.5, 0.6) is 11.5 Å². The molecule has 3 heteroatoms. The van der Waals surface area contributed by atoms with Crippen LogP contribution in [0.3, 0.4) is 0 Å². The summed E-state index contributed by atoms with van der Waals surface area (Å²) in [5.41, 5.74) is 3.60. The molecule has 0 amide bonds. The minimum absolute atomic E-state index is 0.645. The van der Waals surface area contributed by atoms with Crippen molar-refractivity contribution in [1.29, 1.82) is 0 Å². The second-order valence-electron chi connectivity index (χ2n) is 6.26. The Bertz CT molecular complexity index is 800. The molecule has 0 spiro atoms. The van der Waals surface area contributed by atoms with Crippen molar-refractivity contribution >= 4 is 0 Å². The lowest BCUT2D eigenvalue weighted by atomic mass is 10.2. The second-order valence-corrected chi connectivity index (χ2v) is 6.26. The van der Waals surface area contributed by atoms with Crippen molar-refractivity contribution in [2.24, 2.45) is 0 Å². The summed E-state index contributed by atoms with van der Waals surface area (Å²) in [5.74, 6) is 1.68. The molecular formula is C23H25NO2. The lowest BCUT2D eigenvalue weighted by Gasteiger charge is -2.21. The standard InChI is InChI=1S/C23H25NO2/c1-3-25-24(17-20-8-5-4-6-9-20)18-21-10-7-11-23(16-21)26-22-14-12-19(2)13-15-22/h4-16H,3,17-18H2,1-2H3. The van der Waals surface area contributed by atoms with Crippen molar-refractivity contribution < 1.29 is 9.57 Å². The van der Waals surface area contributed by atoms with Gasteiger partial charge in [-0.05, 0) is 49.2 Å². The van der Waals surface area contributed by atoms with Crippen molar-refractivity contribution in [3.8, 4) is 11.5 Å². The Kier molecular flexibility index (Phi) is 6.42. The molecule has 26 heavy (non-hydrogen) atoms. The molecular weight excluding hydrogens is 322 g/mol. The van der Waals surface area contributed by atoms with Gasteiger partial charge in [-0.1, -0.05) is 60.2 Å². The molecule has 0 aliphatic carbocycles. The predicted molar refractivity (Wildman–Crippen MR) is 105 cm³/mol. The molecule has 3 aromatic carbocycles. The molecule has 3 aromatic rings. The summed E-state index contributed by atoms with van der Waals surface area (Å²) in [6.07, 6.45) is 0. The molecule has 0 radical (unpaired) electrons. The summed E-state index contributed by atoms with van der Waals surface area (Å²) in [6.45, 7) is 6.17. The third-order valence-electron chi connectivity index (χ3n) is 4.03. The van der Waals surface area contributed by atoms with E-state index in [0.717, 1.165) is 23.6 Å². The molecule has 0 atom stereocenters. The van der Waals surface area contributed by atoms with Gasteiger partial charge in [-0.2, -0.15) is 5.06 Å². The fourth-order valence-electron chi connectivity index (χ4n) is 2.77. The normalized spacial score (nSPS) is 10.9. The summed E-state index contributed by atoms with van der Waals surface area (Å²) in [5, 5.41) is 1.99. The molecule has 0 aromatic heterocycles. The van der Waals surface area contributed by atoms with Gasteiger partial charge in [0.2, 0.25) is 0 Å². The maximum absolute atomic E-state index is 5.97. The number of aryl methyl sites for hydroxylation is 1. The second kappa shape index (κ2) is 9.18. The lowest BCUT2D eigenvalue weighted by molar-refractivity contribution is -0.169. The van der Waals surface area contributed by atoms with Crippen LogP contribution in [-0.2, 0) is 17.9 Å². The highest BCUT2D eigenvalue weighted by Crippen LogP contribution is 2.23. The largest absolute Gasteiger partial charge is 0.457 e. The average molecular weight is 347 g/mol. The van der Waals surface area contributed by atoms with Crippen LogP contribution in [-0.4, -0.2) is 11.7 Å². The molecule has 0 aliphatic heterocycles. The van der Waals surface area contributed by atoms with Crippen molar-refractivity contribution in [3.63, 3.8) is 0 Å². The fourth-order valence-corrected chi connectivity index (χ4v) is 2.77. The van der Waals surface area contributed by atoms with E-state index in [1.807, 2.05) is 42.3 Å². The Labute approximate surface area is 155 Å². The third-order valence-corrected chi connectivity index (χ3v) is 4.03. The first-order valence-electron chi connectivity index (χ1n) is 8.98. The van der Waals surface area contributed by atoms with E-state index in [-0.39, 0.29) is 0 Å². The van der Waals surface area contributed by atoms with Crippen LogP contribution in [0.4, 0.5) is 0 Å². The summed E-state index contributed by atoms with van der Waals surface area (Å²) >= 11 is 0. The van der Waals surface area contributed by atoms with Crippen molar-refractivity contribution in [2.45, 2.75) is 26.9 Å². The molecule has 0 fully saturated rings. The Hall–Kier alpha value is -2.62. The first kappa shape index (κ1) is 18.2. The molecule has 0 heterocycles. The van der Waals surface area contributed by atoms with Gasteiger partial charge < -0.3 is 4.74 Å². The highest BCUT2D eigenvalue weighted by atomic mass is 16.7. The first-order chi connectivity index (χ1) is 12.7. The molecule has 3 nitrogen and oxygen atoms in total. The van der Waals surface area contributed by atoms with Gasteiger partial charge in [0.05, 0.1) is 6.61 Å². The van der Waals surface area contributed by atoms with E-state index in [1.165, 1.54) is 11.1 Å². The van der Waals surface area contributed by atoms with Gasteiger partial charge in [-0.15, -0.1) is 0 Å². The molecule has 0 saturated heterocycles. The summed E-state index contributed by atoms with van der Waals surface area (Å²) < 4.78 is 5.97. The maximum Gasteiger partial charge on any atom is 0.127 e. The van der Waals surface area contributed by atoms with Crippen LogP contribution in [0.1, 0.15) is 23.6 Å². The van der Waals surface area contributed by atoms with E-state index in [4.69, 9.17) is 9.57 Å². The molecule has 0 N–H and O–H groups in total. The molecule has 0 saturated carbocycles. The number of hydrogen-bond donors (Lipinski definition) is 0. The zero-order valence-corrected chi connectivity index (χ0v) is 15.4. The van der Waals surface area contributed by atoms with E-state index in [1.54, 1.807) is 0 Å². The highest BCUT2D eigenvalue weighted by Gasteiger charge is 2.08. The van der Waals surface area contributed by atoms with Gasteiger partial charge in [0, 0.05) is 13.1 Å². The summed E-state index contributed by atoms with van der Waals surface area (Å²) in [4.78, 5) is 5.81. The van der Waals surface area contributed by atoms with Crippen LogP contribution in [0.15, 0.2) is 78.9 Å². The summed E-state index contributed by atoms with van der Waals surface area (Å²) in [6, 6.07) is 26.6. The van der Waals surface area contributed by atoms with Crippen molar-refractivity contribution in [2.75, 3.05) is 6.61 Å². The fraction of sp³-hybridized carbons (Fsp3) is 0.217. The van der Waals surface area contributed by atoms with E-state index in [9.17, 15) is 0 Å². The number of hydroxylamine groups is 2. The maximum atomic E-state index is 5.97. The first-order valence-corrected chi connectivity index (χ1v) is 8.98. The SMILES string of the molecule is CCON(Cc1ccccc1)Cc1cccc(Oc2ccc(C)cc2)c1. The van der Waals surface area contributed by atoms with Crippen LogP contribution in [0.2, 0.25) is 0 Å². The zero-order chi connectivity index (χ0) is 18.2. The Morgan fingerprint density at radius 1 is 0.731 bits per heavy atom. The third kappa shape index (κ3) is 5.45. The number of rotatable bonds is 8. The van der Waals surface area contributed by atoms with E-state index in [0.29, 0.717) is 13.2 Å². The van der Waals surface area contributed by atoms with Crippen molar-refractivity contribution in [3.05, 3.63) is 95.6 Å². The Morgan fingerprint density at radius 3 is 2.15 bits per heavy atom. The van der Waals surface area contributed by atoms with Gasteiger partial charge in [0.1, 0.15) is 11.5 Å². The smallest absolute Gasteiger partial charge is 0.127 e. The Morgan fingerprint density at radius 2 is 1.42 bits per heavy atom. The number of benzene rings is 3. The lowest BCUT2D eigenvalue weighted by Crippen LogP contribution is -2.23. The minimum Gasteiger partial charge on any atom is -0.457 e. The molecule has 0 bridgehead atoms. The number of ether oxygens (including phenoxy) is 1. The summed E-state index contributed by atoms with van der Waals surface area (Å²) in [7, 11) is 0. The quantitative estimate of drug-likeness (QED) is 0.485. The van der Waals surface area contributed by atoms with Crippen LogP contribution >= 0.6 is 0 Å². The van der Waals surface area contributed by atoms with Gasteiger partial charge in [-0.25, -0.2) is 0 Å². The number of hydrogen-bond acceptors (Lipinski definition) is 3. The number of nitrogens with zero attached hydrogens (tertiary/aromatic N) is 1. The van der Waals surface area contributed by atoms with Gasteiger partial charge in [0.15, 0.2) is 0 Å². The van der Waals surface area contributed by atoms with Crippen molar-refractivity contribution in [1.82, 2.24) is 5.06 Å². The minimum atomic E-state index is 0.645. The monoisotopic (exact) mass is 347 g/mol. The van der Waals surface area contributed by atoms with E-state index < -0.39 is 0 Å². The van der Waals surface area contributed by atoms with Crippen LogP contribution in [0, 0.1) is 6.92 Å². The molecule has 0 aliphatic rings. The van der Waals surface area contributed by atoms with Gasteiger partial charge in [0.25, 0.3) is 0 Å². The Balaban J connectivity index is 1.68. The van der Waals surface area contributed by atoms with Crippen LogP contribution in [0.25, 0.3) is 0 Å². The predicted octanol–water partition coefficient (Wildman–Crippen LogP) is 5.74. The molecule has 0 unspecified atom stereocenters. The topological polar surface area (TPSA) is 21.7 Å². The molecule has 3 rings (SSSR count). The average Bonchev–Trinajstić information content (AvgIpc) is 2.65. The highest BCUT2D eigenvalue weighted by molar-refractivity contribution is 5.35. The van der Waals surface area contributed by atoms with Gasteiger partial charge >= 0.3 is 0 Å². The van der Waals surface area contributed by atoms with E-state index in [2.05, 4.69) is 55.5 Å². The van der Waals surface area contributed by atoms with E-state index >= 15 is 0 Å². The molecule has 134 valence electrons. The zero-order valence-electron chi connectivity index (χ0n) is 15.4. The van der Waals surface area contributed by atoms with Gasteiger partial charge in [-0.3, -0.25) is 4.84 Å².